The molecular weight excluding hydrogens is 360 g/mol. The van der Waals surface area contributed by atoms with Crippen LogP contribution in [0.4, 0.5) is 0 Å². The molecule has 2 atom stereocenters. The molecule has 4 nitrogen and oxygen atoms in total. The lowest BCUT2D eigenvalue weighted by atomic mass is 9.97. The van der Waals surface area contributed by atoms with Gasteiger partial charge in [0.05, 0.1) is 0 Å². The van der Waals surface area contributed by atoms with Crippen LogP contribution >= 0.6 is 0 Å². The first-order valence-electron chi connectivity index (χ1n) is 10.9. The lowest BCUT2D eigenvalue weighted by Gasteiger charge is -2.19. The Morgan fingerprint density at radius 1 is 0.690 bits per heavy atom. The molecule has 2 aliphatic rings. The summed E-state index contributed by atoms with van der Waals surface area (Å²) in [6.07, 6.45) is 3.70. The molecular formula is C25H34N2O2. The fourth-order valence-corrected chi connectivity index (χ4v) is 4.68. The Morgan fingerprint density at radius 2 is 1.07 bits per heavy atom. The van der Waals surface area contributed by atoms with Crippen LogP contribution in [0.2, 0.25) is 0 Å². The number of nitrogens with one attached hydrogen (secondary N) is 2. The van der Waals surface area contributed by atoms with E-state index >= 15 is 0 Å². The van der Waals surface area contributed by atoms with E-state index in [0.29, 0.717) is 12.2 Å². The Morgan fingerprint density at radius 3 is 1.38 bits per heavy atom. The maximum absolute atomic E-state index is 6.28. The number of benzene rings is 2. The number of hydrogen-bond acceptors (Lipinski definition) is 4. The highest BCUT2D eigenvalue weighted by atomic mass is 16.5. The van der Waals surface area contributed by atoms with Crippen LogP contribution in [0.15, 0.2) is 24.3 Å². The Bertz CT molecular complexity index is 748. The largest absolute Gasteiger partial charge is 0.489 e. The summed E-state index contributed by atoms with van der Waals surface area (Å²) in [6.45, 7) is 12.7. The van der Waals surface area contributed by atoms with Crippen LogP contribution in [-0.4, -0.2) is 38.4 Å². The van der Waals surface area contributed by atoms with Crippen molar-refractivity contribution in [2.45, 2.75) is 59.2 Å². The van der Waals surface area contributed by atoms with Gasteiger partial charge in [-0.25, -0.2) is 0 Å². The van der Waals surface area contributed by atoms with Gasteiger partial charge in [0.2, 0.25) is 0 Å². The van der Waals surface area contributed by atoms with E-state index in [9.17, 15) is 0 Å². The smallest absolute Gasteiger partial charge is 0.125 e. The summed E-state index contributed by atoms with van der Waals surface area (Å²) in [4.78, 5) is 0. The van der Waals surface area contributed by atoms with Crippen LogP contribution in [0.5, 0.6) is 11.5 Å². The molecule has 0 bridgehead atoms. The van der Waals surface area contributed by atoms with Gasteiger partial charge in [-0.15, -0.1) is 0 Å². The minimum Gasteiger partial charge on any atom is -0.489 e. The van der Waals surface area contributed by atoms with Crippen LogP contribution in [-0.2, 0) is 6.42 Å². The fourth-order valence-electron chi connectivity index (χ4n) is 4.68. The predicted octanol–water partition coefficient (Wildman–Crippen LogP) is 3.99. The fraction of sp³-hybridized carbons (Fsp3) is 0.520. The summed E-state index contributed by atoms with van der Waals surface area (Å²) in [5, 5.41) is 6.75. The van der Waals surface area contributed by atoms with E-state index < -0.39 is 0 Å². The van der Waals surface area contributed by atoms with Crippen LogP contribution in [0, 0.1) is 27.7 Å². The SMILES string of the molecule is Cc1cc(Cc2cc(C)c(O[C@H]3CCNC3)c(C)c2)cc(C)c1O[C@@H]1CCNC1. The Hall–Kier alpha value is -2.04. The molecule has 2 aromatic rings. The normalized spacial score (nSPS) is 21.5. The molecule has 2 saturated heterocycles. The second-order valence-corrected chi connectivity index (χ2v) is 8.76. The molecule has 0 spiro atoms. The molecule has 29 heavy (non-hydrogen) atoms. The molecule has 0 amide bonds. The van der Waals surface area contributed by atoms with Gasteiger partial charge >= 0.3 is 0 Å². The molecule has 0 saturated carbocycles. The minimum atomic E-state index is 0.297. The second kappa shape index (κ2) is 8.76. The number of aryl methyl sites for hydroxylation is 4. The van der Waals surface area contributed by atoms with E-state index in [1.165, 1.54) is 33.4 Å². The van der Waals surface area contributed by atoms with E-state index in [0.717, 1.165) is 56.9 Å². The maximum Gasteiger partial charge on any atom is 0.125 e. The van der Waals surface area contributed by atoms with Crippen molar-refractivity contribution < 1.29 is 9.47 Å². The van der Waals surface area contributed by atoms with Crippen molar-refractivity contribution in [2.75, 3.05) is 26.2 Å². The molecule has 0 unspecified atom stereocenters. The van der Waals surface area contributed by atoms with Crippen LogP contribution in [0.25, 0.3) is 0 Å². The van der Waals surface area contributed by atoms with Gasteiger partial charge in [-0.3, -0.25) is 0 Å². The summed E-state index contributed by atoms with van der Waals surface area (Å²) in [5.74, 6) is 2.12. The highest BCUT2D eigenvalue weighted by Gasteiger charge is 2.20. The lowest BCUT2D eigenvalue weighted by molar-refractivity contribution is 0.220. The van der Waals surface area contributed by atoms with Crippen LogP contribution in [0.3, 0.4) is 0 Å². The van der Waals surface area contributed by atoms with Gasteiger partial charge in [0, 0.05) is 13.1 Å². The third-order valence-corrected chi connectivity index (χ3v) is 6.05. The molecule has 2 N–H and O–H groups in total. The molecule has 2 aromatic carbocycles. The zero-order chi connectivity index (χ0) is 20.4. The van der Waals surface area contributed by atoms with Crippen LogP contribution in [0.1, 0.15) is 46.2 Å². The van der Waals surface area contributed by atoms with Gasteiger partial charge in [-0.05, 0) is 93.4 Å². The third-order valence-electron chi connectivity index (χ3n) is 6.05. The highest BCUT2D eigenvalue weighted by molar-refractivity contribution is 5.48. The van der Waals surface area contributed by atoms with Crippen molar-refractivity contribution >= 4 is 0 Å². The number of rotatable bonds is 6. The van der Waals surface area contributed by atoms with E-state index in [1.807, 2.05) is 0 Å². The average Bonchev–Trinajstić information content (AvgIpc) is 3.35. The standard InChI is InChI=1S/C25H34N2O2/c1-16-9-20(10-17(2)24(16)28-22-5-7-26-14-22)13-21-11-18(3)25(19(4)12-21)29-23-6-8-27-15-23/h9-12,22-23,26-27H,5-8,13-15H2,1-4H3/t22-,23+. The van der Waals surface area contributed by atoms with Crippen molar-refractivity contribution in [1.82, 2.24) is 10.6 Å². The molecule has 156 valence electrons. The number of ether oxygens (including phenoxy) is 2. The van der Waals surface area contributed by atoms with Crippen molar-refractivity contribution in [3.63, 3.8) is 0 Å². The molecule has 2 fully saturated rings. The van der Waals surface area contributed by atoms with Crippen molar-refractivity contribution in [1.29, 1.82) is 0 Å². The zero-order valence-electron chi connectivity index (χ0n) is 18.2. The summed E-state index contributed by atoms with van der Waals surface area (Å²) >= 11 is 0. The van der Waals surface area contributed by atoms with Crippen molar-refractivity contribution in [3.8, 4) is 11.5 Å². The van der Waals surface area contributed by atoms with E-state index in [2.05, 4.69) is 62.6 Å². The van der Waals surface area contributed by atoms with E-state index in [-0.39, 0.29) is 0 Å². The van der Waals surface area contributed by atoms with Crippen LogP contribution < -0.4 is 20.1 Å². The van der Waals surface area contributed by atoms with Gasteiger partial charge in [0.25, 0.3) is 0 Å². The lowest BCUT2D eigenvalue weighted by Crippen LogP contribution is -2.20. The minimum absolute atomic E-state index is 0.297. The maximum atomic E-state index is 6.28. The topological polar surface area (TPSA) is 42.5 Å². The number of hydrogen-bond donors (Lipinski definition) is 2. The first-order chi connectivity index (χ1) is 14.0. The quantitative estimate of drug-likeness (QED) is 0.777. The van der Waals surface area contributed by atoms with E-state index in [4.69, 9.17) is 9.47 Å². The summed E-state index contributed by atoms with van der Waals surface area (Å²) in [5.41, 5.74) is 7.60. The molecule has 2 heterocycles. The van der Waals surface area contributed by atoms with Gasteiger partial charge in [0.15, 0.2) is 0 Å². The summed E-state index contributed by atoms with van der Waals surface area (Å²) in [6, 6.07) is 9.13. The zero-order valence-corrected chi connectivity index (χ0v) is 18.2. The molecule has 4 rings (SSSR count). The summed E-state index contributed by atoms with van der Waals surface area (Å²) in [7, 11) is 0. The highest BCUT2D eigenvalue weighted by Crippen LogP contribution is 2.30. The molecule has 0 aliphatic carbocycles. The van der Waals surface area contributed by atoms with E-state index in [1.54, 1.807) is 0 Å². The Kier molecular flexibility index (Phi) is 6.12. The van der Waals surface area contributed by atoms with Gasteiger partial charge in [-0.2, -0.15) is 0 Å². The second-order valence-electron chi connectivity index (χ2n) is 8.76. The average molecular weight is 395 g/mol. The molecule has 2 aliphatic heterocycles. The summed E-state index contributed by atoms with van der Waals surface area (Å²) < 4.78 is 12.6. The molecule has 4 heteroatoms. The Balaban J connectivity index is 1.49. The van der Waals surface area contributed by atoms with Gasteiger partial charge in [0.1, 0.15) is 23.7 Å². The monoisotopic (exact) mass is 394 g/mol. The first kappa shape index (κ1) is 20.2. The molecule has 0 aromatic heterocycles. The first-order valence-corrected chi connectivity index (χ1v) is 10.9. The van der Waals surface area contributed by atoms with Gasteiger partial charge in [-0.1, -0.05) is 24.3 Å². The van der Waals surface area contributed by atoms with Gasteiger partial charge < -0.3 is 20.1 Å². The predicted molar refractivity (Wildman–Crippen MR) is 118 cm³/mol. The molecule has 0 radical (unpaired) electrons. The third kappa shape index (κ3) is 4.76. The van der Waals surface area contributed by atoms with Crippen molar-refractivity contribution in [3.05, 3.63) is 57.6 Å². The Labute approximate surface area is 175 Å². The van der Waals surface area contributed by atoms with Crippen molar-refractivity contribution in [2.24, 2.45) is 0 Å².